The Balaban J connectivity index is 1.92. The number of hydrogen-bond donors (Lipinski definition) is 2. The first-order chi connectivity index (χ1) is 16.3. The Hall–Kier alpha value is -4.61. The Labute approximate surface area is 194 Å². The number of hydrogen-bond acceptors (Lipinski definition) is 9. The van der Waals surface area contributed by atoms with E-state index in [-0.39, 0.29) is 17.1 Å². The molecule has 0 aliphatic carbocycles. The molecule has 1 aromatic heterocycles. The number of methoxy groups -OCH3 is 3. The Morgan fingerprint density at radius 1 is 1.15 bits per heavy atom. The first-order valence-corrected chi connectivity index (χ1v) is 10.1. The number of nitrogens with zero attached hydrogens (tertiary/aromatic N) is 4. The van der Waals surface area contributed by atoms with Crippen LogP contribution in [0.25, 0.3) is 11.4 Å². The standard InChI is InChI=1S/C22H22N6O6/c1-11-17(20(23)29)18(13-9-15(32-2)19(34-4)16(10-13)33-3)27-22(24-11)25-21(26-27)12-6-5-7-14(8-12)28(30)31/h5-10,18H,1-4H3,(H2,23,29)(H,24,25,26). The molecule has 0 saturated carbocycles. The van der Waals surface area contributed by atoms with Crippen LogP contribution in [-0.2, 0) is 4.79 Å². The summed E-state index contributed by atoms with van der Waals surface area (Å²) in [5.74, 6) is 1.08. The van der Waals surface area contributed by atoms with Crippen LogP contribution in [0, 0.1) is 10.1 Å². The molecule has 1 amide bonds. The topological polar surface area (TPSA) is 157 Å². The Morgan fingerprint density at radius 2 is 1.82 bits per heavy atom. The highest BCUT2D eigenvalue weighted by molar-refractivity contribution is 5.95. The predicted octanol–water partition coefficient (Wildman–Crippen LogP) is 2.65. The molecular formula is C22H22N6O6. The molecule has 0 spiro atoms. The fourth-order valence-corrected chi connectivity index (χ4v) is 3.92. The summed E-state index contributed by atoms with van der Waals surface area (Å²) in [6.07, 6.45) is 0. The number of non-ortho nitro benzene ring substituents is 1. The van der Waals surface area contributed by atoms with Gasteiger partial charge < -0.3 is 25.3 Å². The van der Waals surface area contributed by atoms with Crippen LogP contribution in [0.3, 0.4) is 0 Å². The molecule has 2 heterocycles. The number of rotatable bonds is 7. The number of allylic oxidation sites excluding steroid dienone is 1. The van der Waals surface area contributed by atoms with E-state index < -0.39 is 16.9 Å². The molecule has 3 N–H and O–H groups in total. The molecule has 12 heteroatoms. The van der Waals surface area contributed by atoms with Gasteiger partial charge in [0.1, 0.15) is 6.04 Å². The van der Waals surface area contributed by atoms with Crippen molar-refractivity contribution < 1.29 is 23.9 Å². The van der Waals surface area contributed by atoms with Crippen LogP contribution in [0.15, 0.2) is 47.7 Å². The molecule has 34 heavy (non-hydrogen) atoms. The van der Waals surface area contributed by atoms with Gasteiger partial charge in [-0.1, -0.05) is 12.1 Å². The average molecular weight is 466 g/mol. The molecule has 0 bridgehead atoms. The number of primary amides is 1. The zero-order valence-corrected chi connectivity index (χ0v) is 18.9. The van der Waals surface area contributed by atoms with Crippen molar-refractivity contribution in [3.63, 3.8) is 0 Å². The lowest BCUT2D eigenvalue weighted by Crippen LogP contribution is -2.31. The second-order valence-corrected chi connectivity index (χ2v) is 7.40. The van der Waals surface area contributed by atoms with Crippen molar-refractivity contribution in [3.8, 4) is 28.6 Å². The largest absolute Gasteiger partial charge is 0.493 e. The lowest BCUT2D eigenvalue weighted by Gasteiger charge is -2.28. The van der Waals surface area contributed by atoms with Gasteiger partial charge in [0.05, 0.1) is 31.8 Å². The van der Waals surface area contributed by atoms with E-state index in [9.17, 15) is 14.9 Å². The van der Waals surface area contributed by atoms with Gasteiger partial charge in [-0.15, -0.1) is 5.10 Å². The number of ether oxygens (including phenoxy) is 3. The van der Waals surface area contributed by atoms with Crippen LogP contribution >= 0.6 is 0 Å². The van der Waals surface area contributed by atoms with Gasteiger partial charge in [-0.05, 0) is 24.6 Å². The van der Waals surface area contributed by atoms with E-state index in [1.807, 2.05) is 0 Å². The molecule has 12 nitrogen and oxygen atoms in total. The summed E-state index contributed by atoms with van der Waals surface area (Å²) in [5, 5.41) is 18.8. The highest BCUT2D eigenvalue weighted by Crippen LogP contribution is 2.44. The minimum atomic E-state index is -0.776. The molecule has 1 aliphatic heterocycles. The zero-order chi connectivity index (χ0) is 24.6. The summed E-state index contributed by atoms with van der Waals surface area (Å²) < 4.78 is 17.8. The first-order valence-electron chi connectivity index (χ1n) is 10.1. The Kier molecular flexibility index (Phi) is 5.80. The lowest BCUT2D eigenvalue weighted by atomic mass is 9.94. The fourth-order valence-electron chi connectivity index (χ4n) is 3.92. The van der Waals surface area contributed by atoms with Gasteiger partial charge in [0.2, 0.25) is 17.6 Å². The van der Waals surface area contributed by atoms with E-state index in [2.05, 4.69) is 15.4 Å². The molecule has 0 fully saturated rings. The smallest absolute Gasteiger partial charge is 0.270 e. The fraction of sp³-hybridized carbons (Fsp3) is 0.227. The summed E-state index contributed by atoms with van der Waals surface area (Å²) in [5.41, 5.74) is 7.45. The number of nitro benzene ring substituents is 1. The van der Waals surface area contributed by atoms with E-state index >= 15 is 0 Å². The first kappa shape index (κ1) is 22.6. The number of carbonyl (C=O) groups excluding carboxylic acids is 1. The van der Waals surface area contributed by atoms with Crippen molar-refractivity contribution in [1.82, 2.24) is 14.8 Å². The van der Waals surface area contributed by atoms with E-state index in [1.165, 1.54) is 38.1 Å². The minimum absolute atomic E-state index is 0.0912. The van der Waals surface area contributed by atoms with Crippen LogP contribution < -0.4 is 25.3 Å². The summed E-state index contributed by atoms with van der Waals surface area (Å²) >= 11 is 0. The zero-order valence-electron chi connectivity index (χ0n) is 18.9. The summed E-state index contributed by atoms with van der Waals surface area (Å²) in [4.78, 5) is 27.7. The third-order valence-electron chi connectivity index (χ3n) is 5.44. The minimum Gasteiger partial charge on any atom is -0.493 e. The number of anilines is 1. The van der Waals surface area contributed by atoms with Crippen molar-refractivity contribution in [3.05, 3.63) is 63.3 Å². The van der Waals surface area contributed by atoms with Crippen LogP contribution in [0.4, 0.5) is 11.6 Å². The molecule has 0 saturated heterocycles. The lowest BCUT2D eigenvalue weighted by molar-refractivity contribution is -0.384. The van der Waals surface area contributed by atoms with E-state index in [1.54, 1.807) is 31.2 Å². The van der Waals surface area contributed by atoms with Crippen LogP contribution in [0.2, 0.25) is 0 Å². The molecule has 0 radical (unpaired) electrons. The van der Waals surface area contributed by atoms with E-state index in [4.69, 9.17) is 19.9 Å². The number of carbonyl (C=O) groups is 1. The predicted molar refractivity (Wildman–Crippen MR) is 122 cm³/mol. The summed E-state index contributed by atoms with van der Waals surface area (Å²) in [7, 11) is 4.46. The maximum atomic E-state index is 12.5. The highest BCUT2D eigenvalue weighted by Gasteiger charge is 2.35. The van der Waals surface area contributed by atoms with E-state index in [0.29, 0.717) is 40.0 Å². The second-order valence-electron chi connectivity index (χ2n) is 7.40. The second kappa shape index (κ2) is 8.73. The van der Waals surface area contributed by atoms with Gasteiger partial charge >= 0.3 is 0 Å². The van der Waals surface area contributed by atoms with Crippen molar-refractivity contribution in [2.75, 3.05) is 26.6 Å². The monoisotopic (exact) mass is 466 g/mol. The van der Waals surface area contributed by atoms with Gasteiger partial charge in [-0.2, -0.15) is 4.98 Å². The normalized spacial score (nSPS) is 14.8. The molecule has 1 atom stereocenters. The SMILES string of the molecule is COc1cc(C2C(C(N)=O)=C(C)Nc3nc(-c4cccc([N+](=O)[O-])c4)nn32)cc(OC)c1OC. The van der Waals surface area contributed by atoms with Gasteiger partial charge in [0.25, 0.3) is 5.69 Å². The number of benzene rings is 2. The Morgan fingerprint density at radius 3 is 2.38 bits per heavy atom. The average Bonchev–Trinajstić information content (AvgIpc) is 3.25. The van der Waals surface area contributed by atoms with Gasteiger partial charge in [-0.3, -0.25) is 14.9 Å². The summed E-state index contributed by atoms with van der Waals surface area (Å²) in [6, 6.07) is 8.60. The molecular weight excluding hydrogens is 444 g/mol. The molecule has 1 unspecified atom stereocenters. The van der Waals surface area contributed by atoms with Crippen molar-refractivity contribution in [2.45, 2.75) is 13.0 Å². The van der Waals surface area contributed by atoms with E-state index in [0.717, 1.165) is 0 Å². The summed E-state index contributed by atoms with van der Waals surface area (Å²) in [6.45, 7) is 1.70. The maximum Gasteiger partial charge on any atom is 0.270 e. The van der Waals surface area contributed by atoms with Crippen LogP contribution in [0.1, 0.15) is 18.5 Å². The third kappa shape index (κ3) is 3.74. The number of nitrogens with two attached hydrogens (primary N) is 1. The van der Waals surface area contributed by atoms with Gasteiger partial charge in [0, 0.05) is 23.4 Å². The van der Waals surface area contributed by atoms with Crippen molar-refractivity contribution in [1.29, 1.82) is 0 Å². The van der Waals surface area contributed by atoms with Crippen molar-refractivity contribution in [2.24, 2.45) is 5.73 Å². The maximum absolute atomic E-state index is 12.5. The van der Waals surface area contributed by atoms with Crippen LogP contribution in [0.5, 0.6) is 17.2 Å². The number of nitrogens with one attached hydrogen (secondary N) is 1. The third-order valence-corrected chi connectivity index (χ3v) is 5.44. The quantitative estimate of drug-likeness (QED) is 0.394. The molecule has 176 valence electrons. The Bertz CT molecular complexity index is 1310. The van der Waals surface area contributed by atoms with Crippen LogP contribution in [-0.4, -0.2) is 46.9 Å². The number of nitro groups is 1. The van der Waals surface area contributed by atoms with Gasteiger partial charge in [-0.25, -0.2) is 4.68 Å². The van der Waals surface area contributed by atoms with Gasteiger partial charge in [0.15, 0.2) is 17.3 Å². The molecule has 3 aromatic rings. The molecule has 2 aromatic carbocycles. The highest BCUT2D eigenvalue weighted by atomic mass is 16.6. The molecule has 4 rings (SSSR count). The number of aromatic nitrogens is 3. The number of amides is 1. The molecule has 1 aliphatic rings. The van der Waals surface area contributed by atoms with Crippen molar-refractivity contribution >= 4 is 17.5 Å². The number of fused-ring (bicyclic) bond motifs is 1.